The van der Waals surface area contributed by atoms with E-state index in [-0.39, 0.29) is 5.78 Å². The van der Waals surface area contributed by atoms with Gasteiger partial charge in [0, 0.05) is 23.9 Å². The van der Waals surface area contributed by atoms with E-state index in [1.807, 2.05) is 43.4 Å². The molecule has 3 heteroatoms. The summed E-state index contributed by atoms with van der Waals surface area (Å²) >= 11 is 0. The molecule has 0 saturated carbocycles. The third-order valence-corrected chi connectivity index (χ3v) is 2.75. The Balaban J connectivity index is 2.34. The third kappa shape index (κ3) is 2.51. The number of benzene rings is 2. The normalized spacial score (nSPS) is 9.89. The highest BCUT2D eigenvalue weighted by atomic mass is 16.5. The van der Waals surface area contributed by atoms with Gasteiger partial charge in [0.15, 0.2) is 5.78 Å². The molecule has 0 radical (unpaired) electrons. The molecule has 0 bridgehead atoms. The first kappa shape index (κ1) is 12.2. The van der Waals surface area contributed by atoms with Gasteiger partial charge in [0.25, 0.3) is 0 Å². The maximum Gasteiger partial charge on any atom is 0.193 e. The molecule has 2 aromatic carbocycles. The van der Waals surface area contributed by atoms with Crippen molar-refractivity contribution in [3.8, 4) is 5.75 Å². The second-order valence-electron chi connectivity index (χ2n) is 3.89. The van der Waals surface area contributed by atoms with Gasteiger partial charge < -0.3 is 10.1 Å². The van der Waals surface area contributed by atoms with Gasteiger partial charge in [0.1, 0.15) is 5.75 Å². The second kappa shape index (κ2) is 5.36. The van der Waals surface area contributed by atoms with Gasteiger partial charge in [0.2, 0.25) is 0 Å². The van der Waals surface area contributed by atoms with Crippen LogP contribution in [0.25, 0.3) is 0 Å². The topological polar surface area (TPSA) is 38.3 Å². The minimum Gasteiger partial charge on any atom is -0.497 e. The highest BCUT2D eigenvalue weighted by Gasteiger charge is 2.10. The van der Waals surface area contributed by atoms with Gasteiger partial charge in [0.05, 0.1) is 7.11 Å². The van der Waals surface area contributed by atoms with Crippen molar-refractivity contribution in [3.05, 3.63) is 59.7 Å². The lowest BCUT2D eigenvalue weighted by molar-refractivity contribution is 0.103. The van der Waals surface area contributed by atoms with E-state index in [4.69, 9.17) is 4.74 Å². The quantitative estimate of drug-likeness (QED) is 0.836. The molecule has 0 aromatic heterocycles. The van der Waals surface area contributed by atoms with E-state index >= 15 is 0 Å². The van der Waals surface area contributed by atoms with Crippen molar-refractivity contribution in [1.29, 1.82) is 0 Å². The zero-order valence-corrected chi connectivity index (χ0v) is 10.4. The van der Waals surface area contributed by atoms with Crippen LogP contribution in [0.4, 0.5) is 5.69 Å². The Labute approximate surface area is 106 Å². The molecule has 0 fully saturated rings. The molecule has 0 aliphatic heterocycles. The van der Waals surface area contributed by atoms with Crippen LogP contribution in [-0.2, 0) is 0 Å². The molecule has 0 heterocycles. The molecule has 2 rings (SSSR count). The SMILES string of the molecule is CNc1cccc(C(=O)c2cccc(OC)c2)c1. The number of hydrogen-bond acceptors (Lipinski definition) is 3. The predicted octanol–water partition coefficient (Wildman–Crippen LogP) is 2.97. The van der Waals surface area contributed by atoms with Crippen molar-refractivity contribution in [3.63, 3.8) is 0 Å². The Morgan fingerprint density at radius 2 is 1.72 bits per heavy atom. The fourth-order valence-electron chi connectivity index (χ4n) is 1.75. The number of anilines is 1. The lowest BCUT2D eigenvalue weighted by Gasteiger charge is -2.06. The lowest BCUT2D eigenvalue weighted by atomic mass is 10.0. The van der Waals surface area contributed by atoms with Crippen LogP contribution >= 0.6 is 0 Å². The number of rotatable bonds is 4. The van der Waals surface area contributed by atoms with Crippen molar-refractivity contribution >= 4 is 11.5 Å². The van der Waals surface area contributed by atoms with Crippen molar-refractivity contribution < 1.29 is 9.53 Å². The van der Waals surface area contributed by atoms with E-state index in [1.54, 1.807) is 19.2 Å². The summed E-state index contributed by atoms with van der Waals surface area (Å²) in [4.78, 5) is 12.3. The van der Waals surface area contributed by atoms with E-state index in [2.05, 4.69) is 5.32 Å². The Morgan fingerprint density at radius 1 is 1.06 bits per heavy atom. The van der Waals surface area contributed by atoms with Crippen molar-refractivity contribution in [1.82, 2.24) is 0 Å². The van der Waals surface area contributed by atoms with Crippen LogP contribution in [-0.4, -0.2) is 19.9 Å². The average molecular weight is 241 g/mol. The molecule has 18 heavy (non-hydrogen) atoms. The van der Waals surface area contributed by atoms with E-state index in [1.165, 1.54) is 0 Å². The van der Waals surface area contributed by atoms with Gasteiger partial charge in [-0.25, -0.2) is 0 Å². The summed E-state index contributed by atoms with van der Waals surface area (Å²) in [7, 11) is 3.42. The standard InChI is InChI=1S/C15H15NO2/c1-16-13-7-3-5-11(9-13)15(17)12-6-4-8-14(10-12)18-2/h3-10,16H,1-2H3. The summed E-state index contributed by atoms with van der Waals surface area (Å²) in [5.74, 6) is 0.677. The van der Waals surface area contributed by atoms with Gasteiger partial charge in [-0.05, 0) is 24.3 Å². The van der Waals surface area contributed by atoms with Crippen LogP contribution < -0.4 is 10.1 Å². The summed E-state index contributed by atoms with van der Waals surface area (Å²) in [5.41, 5.74) is 2.21. The lowest BCUT2D eigenvalue weighted by Crippen LogP contribution is -2.02. The highest BCUT2D eigenvalue weighted by molar-refractivity contribution is 6.09. The van der Waals surface area contributed by atoms with Gasteiger partial charge >= 0.3 is 0 Å². The molecule has 2 aromatic rings. The molecule has 0 spiro atoms. The Kier molecular flexibility index (Phi) is 3.63. The molecule has 0 saturated heterocycles. The number of ether oxygens (including phenoxy) is 1. The van der Waals surface area contributed by atoms with Gasteiger partial charge in [-0.15, -0.1) is 0 Å². The Morgan fingerprint density at radius 3 is 2.39 bits per heavy atom. The monoisotopic (exact) mass is 241 g/mol. The summed E-state index contributed by atoms with van der Waals surface area (Å²) in [6.07, 6.45) is 0. The van der Waals surface area contributed by atoms with Crippen LogP contribution in [0.1, 0.15) is 15.9 Å². The minimum absolute atomic E-state index is 0.00833. The fraction of sp³-hybridized carbons (Fsp3) is 0.133. The molecule has 0 aliphatic carbocycles. The number of hydrogen-bond donors (Lipinski definition) is 1. The molecule has 0 aliphatic rings. The number of nitrogens with one attached hydrogen (secondary N) is 1. The molecule has 1 N–H and O–H groups in total. The van der Waals surface area contributed by atoms with Crippen molar-refractivity contribution in [2.45, 2.75) is 0 Å². The zero-order chi connectivity index (χ0) is 13.0. The summed E-state index contributed by atoms with van der Waals surface area (Å²) < 4.78 is 5.12. The largest absolute Gasteiger partial charge is 0.497 e. The summed E-state index contributed by atoms with van der Waals surface area (Å²) in [6.45, 7) is 0. The minimum atomic E-state index is -0.00833. The summed E-state index contributed by atoms with van der Waals surface area (Å²) in [6, 6.07) is 14.6. The molecule has 0 amide bonds. The predicted molar refractivity (Wildman–Crippen MR) is 72.4 cm³/mol. The average Bonchev–Trinajstić information content (AvgIpc) is 2.46. The van der Waals surface area contributed by atoms with Crippen LogP contribution in [0.5, 0.6) is 5.75 Å². The fourth-order valence-corrected chi connectivity index (χ4v) is 1.75. The first-order valence-electron chi connectivity index (χ1n) is 5.71. The molecular formula is C15H15NO2. The maximum absolute atomic E-state index is 12.3. The molecule has 0 atom stereocenters. The van der Waals surface area contributed by atoms with E-state index in [0.29, 0.717) is 16.9 Å². The van der Waals surface area contributed by atoms with Crippen molar-refractivity contribution in [2.24, 2.45) is 0 Å². The smallest absolute Gasteiger partial charge is 0.193 e. The van der Waals surface area contributed by atoms with Crippen LogP contribution in [0.15, 0.2) is 48.5 Å². The molecule has 3 nitrogen and oxygen atoms in total. The Bertz CT molecular complexity index is 514. The second-order valence-corrected chi connectivity index (χ2v) is 3.89. The van der Waals surface area contributed by atoms with Crippen LogP contribution in [0.2, 0.25) is 0 Å². The van der Waals surface area contributed by atoms with Gasteiger partial charge in [-0.2, -0.15) is 0 Å². The van der Waals surface area contributed by atoms with E-state index in [0.717, 1.165) is 5.69 Å². The number of carbonyl (C=O) groups is 1. The van der Waals surface area contributed by atoms with Crippen molar-refractivity contribution in [2.75, 3.05) is 19.5 Å². The molecule has 0 unspecified atom stereocenters. The maximum atomic E-state index is 12.3. The van der Waals surface area contributed by atoms with E-state index in [9.17, 15) is 4.79 Å². The third-order valence-electron chi connectivity index (χ3n) is 2.75. The van der Waals surface area contributed by atoms with Gasteiger partial charge in [-0.1, -0.05) is 24.3 Å². The number of ketones is 1. The first-order valence-corrected chi connectivity index (χ1v) is 5.71. The van der Waals surface area contributed by atoms with Gasteiger partial charge in [-0.3, -0.25) is 4.79 Å². The molecule has 92 valence electrons. The van der Waals surface area contributed by atoms with Crippen LogP contribution in [0.3, 0.4) is 0 Å². The molecular weight excluding hydrogens is 226 g/mol. The first-order chi connectivity index (χ1) is 8.74. The van der Waals surface area contributed by atoms with Crippen LogP contribution in [0, 0.1) is 0 Å². The number of carbonyl (C=O) groups excluding carboxylic acids is 1. The van der Waals surface area contributed by atoms with E-state index < -0.39 is 0 Å². The zero-order valence-electron chi connectivity index (χ0n) is 10.4. The summed E-state index contributed by atoms with van der Waals surface area (Å²) in [5, 5.41) is 3.02. The number of methoxy groups -OCH3 is 1. The highest BCUT2D eigenvalue weighted by Crippen LogP contribution is 2.18. The Hall–Kier alpha value is -2.29.